The zero-order valence-corrected chi connectivity index (χ0v) is 15.3. The molecule has 0 aliphatic carbocycles. The Bertz CT molecular complexity index is 274. The molecule has 0 spiro atoms. The van der Waals surface area contributed by atoms with Gasteiger partial charge in [-0.1, -0.05) is 73.6 Å². The van der Waals surface area contributed by atoms with E-state index in [-0.39, 0.29) is 11.4 Å². The van der Waals surface area contributed by atoms with Gasteiger partial charge in [0, 0.05) is 13.1 Å². The van der Waals surface area contributed by atoms with E-state index in [1.165, 1.54) is 38.5 Å². The summed E-state index contributed by atoms with van der Waals surface area (Å²) in [5.41, 5.74) is 0.620. The van der Waals surface area contributed by atoms with Crippen LogP contribution in [0.25, 0.3) is 0 Å². The maximum atomic E-state index is 11.5. The van der Waals surface area contributed by atoms with Gasteiger partial charge in [-0.2, -0.15) is 0 Å². The monoisotopic (exact) mass is 298 g/mol. The van der Waals surface area contributed by atoms with Gasteiger partial charge >= 0.3 is 6.03 Å². The molecule has 126 valence electrons. The third-order valence-corrected chi connectivity index (χ3v) is 3.42. The molecule has 3 heteroatoms. The lowest BCUT2D eigenvalue weighted by Gasteiger charge is -2.18. The van der Waals surface area contributed by atoms with Gasteiger partial charge in [0.25, 0.3) is 0 Å². The van der Waals surface area contributed by atoms with E-state index in [1.54, 1.807) is 0 Å². The minimum atomic E-state index is -0.0323. The molecule has 0 atom stereocenters. The van der Waals surface area contributed by atoms with E-state index in [1.807, 2.05) is 0 Å². The summed E-state index contributed by atoms with van der Waals surface area (Å²) in [7, 11) is 0. The summed E-state index contributed by atoms with van der Waals surface area (Å²) in [6, 6.07) is -0.0323. The Labute approximate surface area is 132 Å². The van der Waals surface area contributed by atoms with Crippen molar-refractivity contribution >= 4 is 6.03 Å². The maximum Gasteiger partial charge on any atom is 0.314 e. The van der Waals surface area contributed by atoms with Crippen molar-refractivity contribution in [3.63, 3.8) is 0 Å². The molecule has 0 rings (SSSR count). The zero-order chi connectivity index (χ0) is 16.4. The summed E-state index contributed by atoms with van der Waals surface area (Å²) in [4.78, 5) is 11.5. The molecule has 2 amide bonds. The minimum absolute atomic E-state index is 0.0323. The number of urea groups is 1. The minimum Gasteiger partial charge on any atom is -0.338 e. The van der Waals surface area contributed by atoms with E-state index in [0.717, 1.165) is 13.0 Å². The fourth-order valence-electron chi connectivity index (χ4n) is 2.10. The number of carbonyl (C=O) groups excluding carboxylic acids is 1. The molecule has 0 saturated heterocycles. The van der Waals surface area contributed by atoms with Crippen LogP contribution in [0.5, 0.6) is 0 Å². The Morgan fingerprint density at radius 3 is 1.76 bits per heavy atom. The van der Waals surface area contributed by atoms with Crippen molar-refractivity contribution in [2.24, 2.45) is 10.8 Å². The van der Waals surface area contributed by atoms with Crippen LogP contribution in [-0.4, -0.2) is 19.1 Å². The molecule has 0 heterocycles. The second-order valence-corrected chi connectivity index (χ2v) is 8.60. The summed E-state index contributed by atoms with van der Waals surface area (Å²) < 4.78 is 0. The standard InChI is InChI=1S/C18H38N2O/c1-17(2,3)13-11-9-7-8-10-12-14-19-16(21)20-15-18(4,5)6/h7-15H2,1-6H3,(H2,19,20,21). The number of amides is 2. The number of hydrogen-bond donors (Lipinski definition) is 2. The molecule has 0 aliphatic heterocycles. The Hall–Kier alpha value is -0.730. The van der Waals surface area contributed by atoms with E-state index >= 15 is 0 Å². The van der Waals surface area contributed by atoms with Gasteiger partial charge in [-0.3, -0.25) is 0 Å². The second-order valence-electron chi connectivity index (χ2n) is 8.60. The van der Waals surface area contributed by atoms with Crippen LogP contribution in [0.4, 0.5) is 4.79 Å². The smallest absolute Gasteiger partial charge is 0.314 e. The largest absolute Gasteiger partial charge is 0.338 e. The van der Waals surface area contributed by atoms with E-state index in [4.69, 9.17) is 0 Å². The van der Waals surface area contributed by atoms with Crippen LogP contribution >= 0.6 is 0 Å². The molecule has 0 aromatic heterocycles. The molecule has 2 N–H and O–H groups in total. The van der Waals surface area contributed by atoms with Crippen molar-refractivity contribution in [3.8, 4) is 0 Å². The average Bonchev–Trinajstić information content (AvgIpc) is 2.32. The van der Waals surface area contributed by atoms with Gasteiger partial charge < -0.3 is 10.6 Å². The molecule has 3 nitrogen and oxygen atoms in total. The third kappa shape index (κ3) is 17.2. The highest BCUT2D eigenvalue weighted by atomic mass is 16.2. The SMILES string of the molecule is CC(C)(C)CCCCCCCCNC(=O)NCC(C)(C)C. The first-order valence-corrected chi connectivity index (χ1v) is 8.62. The lowest BCUT2D eigenvalue weighted by molar-refractivity contribution is 0.235. The molecule has 0 aromatic carbocycles. The molecule has 0 bridgehead atoms. The molecule has 21 heavy (non-hydrogen) atoms. The first-order chi connectivity index (χ1) is 9.60. The van der Waals surface area contributed by atoms with Crippen LogP contribution in [0.2, 0.25) is 0 Å². The normalized spacial score (nSPS) is 12.3. The van der Waals surface area contributed by atoms with E-state index in [9.17, 15) is 4.79 Å². The maximum absolute atomic E-state index is 11.5. The van der Waals surface area contributed by atoms with E-state index in [2.05, 4.69) is 52.2 Å². The number of unbranched alkanes of at least 4 members (excludes halogenated alkanes) is 5. The van der Waals surface area contributed by atoms with Gasteiger partial charge in [0.05, 0.1) is 0 Å². The summed E-state index contributed by atoms with van der Waals surface area (Å²) in [6.07, 6.45) is 8.93. The number of nitrogens with one attached hydrogen (secondary N) is 2. The van der Waals surface area contributed by atoms with Crippen LogP contribution in [-0.2, 0) is 0 Å². The number of rotatable bonds is 9. The van der Waals surface area contributed by atoms with Crippen molar-refractivity contribution < 1.29 is 4.79 Å². The van der Waals surface area contributed by atoms with Crippen LogP contribution in [0.1, 0.15) is 86.5 Å². The van der Waals surface area contributed by atoms with Crippen LogP contribution in [0, 0.1) is 10.8 Å². The van der Waals surface area contributed by atoms with Gasteiger partial charge in [0.15, 0.2) is 0 Å². The van der Waals surface area contributed by atoms with Crippen molar-refractivity contribution in [2.45, 2.75) is 86.5 Å². The molecular weight excluding hydrogens is 260 g/mol. The van der Waals surface area contributed by atoms with Crippen LogP contribution in [0.3, 0.4) is 0 Å². The molecule has 0 aliphatic rings. The predicted molar refractivity (Wildman–Crippen MR) is 92.6 cm³/mol. The second kappa shape index (κ2) is 10.1. The highest BCUT2D eigenvalue weighted by molar-refractivity contribution is 5.73. The molecule has 0 saturated carbocycles. The van der Waals surface area contributed by atoms with Gasteiger partial charge in [0.1, 0.15) is 0 Å². The molecular formula is C18H38N2O. The van der Waals surface area contributed by atoms with E-state index in [0.29, 0.717) is 12.0 Å². The Morgan fingerprint density at radius 2 is 1.24 bits per heavy atom. The highest BCUT2D eigenvalue weighted by Gasteiger charge is 2.11. The fourth-order valence-corrected chi connectivity index (χ4v) is 2.10. The first-order valence-electron chi connectivity index (χ1n) is 8.62. The fraction of sp³-hybridized carbons (Fsp3) is 0.944. The predicted octanol–water partition coefficient (Wildman–Crippen LogP) is 5.11. The number of hydrogen-bond acceptors (Lipinski definition) is 1. The Balaban J connectivity index is 3.31. The van der Waals surface area contributed by atoms with Crippen LogP contribution in [0.15, 0.2) is 0 Å². The average molecular weight is 299 g/mol. The first kappa shape index (κ1) is 20.3. The summed E-state index contributed by atoms with van der Waals surface area (Å²) in [5, 5.41) is 5.83. The lowest BCUT2D eigenvalue weighted by atomic mass is 9.89. The molecule has 0 fully saturated rings. The highest BCUT2D eigenvalue weighted by Crippen LogP contribution is 2.22. The topological polar surface area (TPSA) is 41.1 Å². The zero-order valence-electron chi connectivity index (χ0n) is 15.3. The summed E-state index contributed by atoms with van der Waals surface area (Å²) >= 11 is 0. The molecule has 0 unspecified atom stereocenters. The van der Waals surface area contributed by atoms with Crippen LogP contribution < -0.4 is 10.6 Å². The van der Waals surface area contributed by atoms with Gasteiger partial charge in [-0.05, 0) is 23.7 Å². The quantitative estimate of drug-likeness (QED) is 0.571. The lowest BCUT2D eigenvalue weighted by Crippen LogP contribution is -2.40. The Morgan fingerprint density at radius 1 is 0.714 bits per heavy atom. The molecule has 0 aromatic rings. The van der Waals surface area contributed by atoms with Gasteiger partial charge in [0.2, 0.25) is 0 Å². The van der Waals surface area contributed by atoms with Gasteiger partial charge in [-0.15, -0.1) is 0 Å². The third-order valence-electron chi connectivity index (χ3n) is 3.42. The van der Waals surface area contributed by atoms with Gasteiger partial charge in [-0.25, -0.2) is 4.79 Å². The number of carbonyl (C=O) groups is 1. The van der Waals surface area contributed by atoms with Crippen molar-refractivity contribution in [1.29, 1.82) is 0 Å². The summed E-state index contributed by atoms with van der Waals surface area (Å²) in [5.74, 6) is 0. The summed E-state index contributed by atoms with van der Waals surface area (Å²) in [6.45, 7) is 14.8. The molecule has 0 radical (unpaired) electrons. The Kier molecular flexibility index (Phi) is 9.72. The van der Waals surface area contributed by atoms with Crippen molar-refractivity contribution in [2.75, 3.05) is 13.1 Å². The van der Waals surface area contributed by atoms with E-state index < -0.39 is 0 Å². The van der Waals surface area contributed by atoms with Crippen molar-refractivity contribution in [1.82, 2.24) is 10.6 Å². The van der Waals surface area contributed by atoms with Crippen molar-refractivity contribution in [3.05, 3.63) is 0 Å².